The number of unbranched alkanes of at least 4 members (excludes halogenated alkanes) is 1. The average molecular weight is 353 g/mol. The maximum atomic E-state index is 12.8. The molecule has 1 aliphatic heterocycles. The lowest BCUT2D eigenvalue weighted by molar-refractivity contribution is 0.0793. The van der Waals surface area contributed by atoms with E-state index in [1.807, 2.05) is 6.92 Å². The molecule has 1 unspecified atom stereocenters. The van der Waals surface area contributed by atoms with Gasteiger partial charge in [0, 0.05) is 31.7 Å². The van der Waals surface area contributed by atoms with Gasteiger partial charge in [0.15, 0.2) is 0 Å². The Morgan fingerprint density at radius 2 is 1.92 bits per heavy atom. The van der Waals surface area contributed by atoms with Gasteiger partial charge in [-0.25, -0.2) is 8.42 Å². The third-order valence-electron chi connectivity index (χ3n) is 4.64. The van der Waals surface area contributed by atoms with Crippen LogP contribution in [0.4, 0.5) is 0 Å². The molecule has 0 saturated carbocycles. The Morgan fingerprint density at radius 3 is 2.50 bits per heavy atom. The number of amides is 1. The predicted octanol–water partition coefficient (Wildman–Crippen LogP) is 3.12. The second kappa shape index (κ2) is 8.12. The minimum absolute atomic E-state index is 0.0326. The molecule has 0 N–H and O–H groups in total. The molecule has 1 saturated heterocycles. The molecule has 0 aromatic heterocycles. The van der Waals surface area contributed by atoms with Gasteiger partial charge in [0.2, 0.25) is 10.0 Å². The summed E-state index contributed by atoms with van der Waals surface area (Å²) in [6.45, 7) is 5.32. The summed E-state index contributed by atoms with van der Waals surface area (Å²) in [5.74, 6) is -0.0706. The zero-order chi connectivity index (χ0) is 17.7. The van der Waals surface area contributed by atoms with Crippen molar-refractivity contribution in [2.75, 3.05) is 20.1 Å². The van der Waals surface area contributed by atoms with Crippen molar-refractivity contribution in [3.63, 3.8) is 0 Å². The average Bonchev–Trinajstić information content (AvgIpc) is 2.59. The van der Waals surface area contributed by atoms with Gasteiger partial charge in [0.05, 0.1) is 4.90 Å². The molecule has 1 amide bonds. The topological polar surface area (TPSA) is 57.7 Å². The molecule has 6 heteroatoms. The van der Waals surface area contributed by atoms with E-state index in [4.69, 9.17) is 0 Å². The van der Waals surface area contributed by atoms with Gasteiger partial charge >= 0.3 is 0 Å². The summed E-state index contributed by atoms with van der Waals surface area (Å²) < 4.78 is 27.2. The summed E-state index contributed by atoms with van der Waals surface area (Å²) in [4.78, 5) is 14.3. The number of carbonyl (C=O) groups is 1. The number of piperidine rings is 1. The summed E-state index contributed by atoms with van der Waals surface area (Å²) >= 11 is 0. The molecule has 1 heterocycles. The van der Waals surface area contributed by atoms with E-state index < -0.39 is 10.0 Å². The molecular formula is C18H28N2O3S. The van der Waals surface area contributed by atoms with Crippen LogP contribution in [0.2, 0.25) is 0 Å². The molecular weight excluding hydrogens is 324 g/mol. The lowest BCUT2D eigenvalue weighted by Gasteiger charge is -2.32. The molecule has 2 rings (SSSR count). The molecule has 24 heavy (non-hydrogen) atoms. The lowest BCUT2D eigenvalue weighted by atomic mass is 10.1. The van der Waals surface area contributed by atoms with Gasteiger partial charge in [-0.3, -0.25) is 4.79 Å². The molecule has 0 spiro atoms. The van der Waals surface area contributed by atoms with Gasteiger partial charge in [-0.15, -0.1) is 0 Å². The Kier molecular flexibility index (Phi) is 6.40. The van der Waals surface area contributed by atoms with Crippen LogP contribution in [-0.4, -0.2) is 49.7 Å². The van der Waals surface area contributed by atoms with Gasteiger partial charge in [0.1, 0.15) is 0 Å². The molecule has 134 valence electrons. The third kappa shape index (κ3) is 4.16. The summed E-state index contributed by atoms with van der Waals surface area (Å²) in [5.41, 5.74) is 0.527. The molecule has 1 aromatic rings. The van der Waals surface area contributed by atoms with Crippen LogP contribution in [-0.2, 0) is 10.0 Å². The number of rotatable bonds is 6. The first kappa shape index (κ1) is 18.9. The molecule has 1 aromatic carbocycles. The highest BCUT2D eigenvalue weighted by Gasteiger charge is 2.30. The van der Waals surface area contributed by atoms with E-state index in [2.05, 4.69) is 6.92 Å². The number of carbonyl (C=O) groups excluding carboxylic acids is 1. The van der Waals surface area contributed by atoms with Crippen LogP contribution in [0.25, 0.3) is 0 Å². The van der Waals surface area contributed by atoms with Crippen molar-refractivity contribution < 1.29 is 13.2 Å². The van der Waals surface area contributed by atoms with Gasteiger partial charge < -0.3 is 4.90 Å². The fourth-order valence-electron chi connectivity index (χ4n) is 3.05. The first-order valence-electron chi connectivity index (χ1n) is 8.75. The lowest BCUT2D eigenvalue weighted by Crippen LogP contribution is -2.41. The first-order valence-corrected chi connectivity index (χ1v) is 10.2. The maximum Gasteiger partial charge on any atom is 0.253 e. The van der Waals surface area contributed by atoms with Crippen LogP contribution in [0.3, 0.4) is 0 Å². The Labute approximate surface area is 145 Å². The van der Waals surface area contributed by atoms with Gasteiger partial charge in [0.25, 0.3) is 5.91 Å². The van der Waals surface area contributed by atoms with E-state index in [0.29, 0.717) is 18.7 Å². The Bertz CT molecular complexity index is 655. The molecule has 5 nitrogen and oxygen atoms in total. The standard InChI is InChI=1S/C18H28N2O3S/c1-4-5-13-19(3)18(21)16-9-11-17(12-10-16)24(22,23)20-14-7-6-8-15(20)2/h9-12,15H,4-8,13-14H2,1-3H3. The largest absolute Gasteiger partial charge is 0.342 e. The summed E-state index contributed by atoms with van der Waals surface area (Å²) in [6.07, 6.45) is 4.87. The van der Waals surface area contributed by atoms with Crippen LogP contribution >= 0.6 is 0 Å². The van der Waals surface area contributed by atoms with E-state index in [-0.39, 0.29) is 16.8 Å². The second-order valence-corrected chi connectivity index (χ2v) is 8.46. The zero-order valence-electron chi connectivity index (χ0n) is 14.9. The fraction of sp³-hybridized carbons (Fsp3) is 0.611. The molecule has 1 atom stereocenters. The van der Waals surface area contributed by atoms with Crippen molar-refractivity contribution in [3.8, 4) is 0 Å². The molecule has 1 fully saturated rings. The van der Waals surface area contributed by atoms with Crippen LogP contribution in [0.5, 0.6) is 0 Å². The highest BCUT2D eigenvalue weighted by molar-refractivity contribution is 7.89. The second-order valence-electron chi connectivity index (χ2n) is 6.57. The SMILES string of the molecule is CCCCN(C)C(=O)c1ccc(S(=O)(=O)N2CCCCC2C)cc1. The van der Waals surface area contributed by atoms with Gasteiger partial charge in [-0.1, -0.05) is 19.8 Å². The minimum atomic E-state index is -3.48. The summed E-state index contributed by atoms with van der Waals surface area (Å²) in [5, 5.41) is 0. The number of nitrogens with zero attached hydrogens (tertiary/aromatic N) is 2. The van der Waals surface area contributed by atoms with Crippen LogP contribution in [0, 0.1) is 0 Å². The van der Waals surface area contributed by atoms with E-state index in [9.17, 15) is 13.2 Å². The van der Waals surface area contributed by atoms with Crippen molar-refractivity contribution in [1.82, 2.24) is 9.21 Å². The normalized spacial score (nSPS) is 19.2. The van der Waals surface area contributed by atoms with Crippen LogP contribution in [0.15, 0.2) is 29.2 Å². The Balaban J connectivity index is 2.15. The first-order chi connectivity index (χ1) is 11.4. The number of sulfonamides is 1. The number of hydrogen-bond donors (Lipinski definition) is 0. The van der Waals surface area contributed by atoms with E-state index in [1.165, 1.54) is 0 Å². The number of benzene rings is 1. The van der Waals surface area contributed by atoms with Gasteiger partial charge in [-0.2, -0.15) is 4.31 Å². The zero-order valence-corrected chi connectivity index (χ0v) is 15.7. The maximum absolute atomic E-state index is 12.8. The smallest absolute Gasteiger partial charge is 0.253 e. The molecule has 1 aliphatic rings. The summed E-state index contributed by atoms with van der Waals surface area (Å²) in [7, 11) is -1.70. The molecule has 0 aliphatic carbocycles. The van der Waals surface area contributed by atoms with Crippen LogP contribution in [0.1, 0.15) is 56.3 Å². The highest BCUT2D eigenvalue weighted by Crippen LogP contribution is 2.25. The quantitative estimate of drug-likeness (QED) is 0.790. The highest BCUT2D eigenvalue weighted by atomic mass is 32.2. The van der Waals surface area contributed by atoms with E-state index in [1.54, 1.807) is 40.5 Å². The number of hydrogen-bond acceptors (Lipinski definition) is 3. The van der Waals surface area contributed by atoms with Crippen molar-refractivity contribution in [2.45, 2.75) is 56.9 Å². The van der Waals surface area contributed by atoms with Crippen molar-refractivity contribution in [2.24, 2.45) is 0 Å². The van der Waals surface area contributed by atoms with E-state index in [0.717, 1.165) is 32.1 Å². The minimum Gasteiger partial charge on any atom is -0.342 e. The summed E-state index contributed by atoms with van der Waals surface area (Å²) in [6, 6.07) is 6.37. The monoisotopic (exact) mass is 352 g/mol. The van der Waals surface area contributed by atoms with Gasteiger partial charge in [-0.05, 0) is 50.5 Å². The predicted molar refractivity (Wildman–Crippen MR) is 95.5 cm³/mol. The fourth-order valence-corrected chi connectivity index (χ4v) is 4.75. The third-order valence-corrected chi connectivity index (χ3v) is 6.67. The van der Waals surface area contributed by atoms with Crippen LogP contribution < -0.4 is 0 Å². The van der Waals surface area contributed by atoms with E-state index >= 15 is 0 Å². The molecule has 0 bridgehead atoms. The van der Waals surface area contributed by atoms with Crippen molar-refractivity contribution >= 4 is 15.9 Å². The Hall–Kier alpha value is -1.40. The van der Waals surface area contributed by atoms with Crippen molar-refractivity contribution in [1.29, 1.82) is 0 Å². The Morgan fingerprint density at radius 1 is 1.25 bits per heavy atom. The van der Waals surface area contributed by atoms with Crippen molar-refractivity contribution in [3.05, 3.63) is 29.8 Å². The molecule has 0 radical (unpaired) electrons.